The van der Waals surface area contributed by atoms with Crippen molar-refractivity contribution in [3.05, 3.63) is 71.2 Å². The summed E-state index contributed by atoms with van der Waals surface area (Å²) >= 11 is 0. The maximum Gasteiger partial charge on any atom is 0.416 e. The van der Waals surface area contributed by atoms with Crippen LogP contribution in [0.3, 0.4) is 0 Å². The molecule has 8 nitrogen and oxygen atoms in total. The molecule has 5 rings (SSSR count). The lowest BCUT2D eigenvalue weighted by atomic mass is 10.1. The van der Waals surface area contributed by atoms with Gasteiger partial charge < -0.3 is 15.3 Å². The van der Waals surface area contributed by atoms with Crippen LogP contribution >= 0.6 is 0 Å². The Morgan fingerprint density at radius 3 is 2.50 bits per heavy atom. The fraction of sp³-hybridized carbons (Fsp3) is 0.333. The maximum atomic E-state index is 13.6. The first-order chi connectivity index (χ1) is 17.9. The molecule has 1 aliphatic heterocycles. The Labute approximate surface area is 217 Å². The molecule has 0 radical (unpaired) electrons. The van der Waals surface area contributed by atoms with Gasteiger partial charge in [0.1, 0.15) is 0 Å². The van der Waals surface area contributed by atoms with Crippen LogP contribution in [0.15, 0.2) is 48.8 Å². The van der Waals surface area contributed by atoms with E-state index in [0.29, 0.717) is 24.2 Å². The van der Waals surface area contributed by atoms with Gasteiger partial charge in [0.25, 0.3) is 5.91 Å². The second-order valence-electron chi connectivity index (χ2n) is 9.76. The van der Waals surface area contributed by atoms with Gasteiger partial charge in [0, 0.05) is 55.4 Å². The molecular weight excluding hydrogens is 497 g/mol. The molecular formula is C27H29F3N6O2. The second-order valence-corrected chi connectivity index (χ2v) is 9.76. The lowest BCUT2D eigenvalue weighted by Crippen LogP contribution is -2.22. The number of carbonyl (C=O) groups is 1. The molecule has 3 heterocycles. The molecule has 4 aromatic rings. The van der Waals surface area contributed by atoms with E-state index in [4.69, 9.17) is 0 Å². The van der Waals surface area contributed by atoms with Crippen molar-refractivity contribution in [1.29, 1.82) is 0 Å². The highest BCUT2D eigenvalue weighted by Crippen LogP contribution is 2.36. The van der Waals surface area contributed by atoms with Crippen LogP contribution in [-0.2, 0) is 20.3 Å². The second kappa shape index (κ2) is 9.39. The highest BCUT2D eigenvalue weighted by molar-refractivity contribution is 6.05. The van der Waals surface area contributed by atoms with Crippen LogP contribution in [-0.4, -0.2) is 49.4 Å². The summed E-state index contributed by atoms with van der Waals surface area (Å²) in [6.45, 7) is 4.60. The fourth-order valence-corrected chi connectivity index (χ4v) is 4.78. The lowest BCUT2D eigenvalue weighted by Gasteiger charge is -2.25. The predicted molar refractivity (Wildman–Crippen MR) is 139 cm³/mol. The number of alkyl halides is 3. The Morgan fingerprint density at radius 1 is 1.13 bits per heavy atom. The molecule has 2 aromatic heterocycles. The number of amides is 1. The molecule has 1 saturated heterocycles. The van der Waals surface area contributed by atoms with Crippen molar-refractivity contribution in [3.63, 3.8) is 0 Å². The first kappa shape index (κ1) is 25.7. The van der Waals surface area contributed by atoms with E-state index in [1.807, 2.05) is 49.6 Å². The lowest BCUT2D eigenvalue weighted by molar-refractivity contribution is -0.137. The van der Waals surface area contributed by atoms with Crippen molar-refractivity contribution in [2.45, 2.75) is 32.5 Å². The number of aliphatic hydroxyl groups excluding tert-OH is 1. The van der Waals surface area contributed by atoms with Gasteiger partial charge in [-0.05, 0) is 56.2 Å². The molecule has 0 spiro atoms. The van der Waals surface area contributed by atoms with Gasteiger partial charge in [0.15, 0.2) is 0 Å². The molecule has 0 saturated carbocycles. The number of anilines is 2. The van der Waals surface area contributed by atoms with Gasteiger partial charge in [-0.1, -0.05) is 6.07 Å². The highest BCUT2D eigenvalue weighted by atomic mass is 19.4. The molecule has 1 atom stereocenters. The van der Waals surface area contributed by atoms with Crippen LogP contribution in [0.25, 0.3) is 16.9 Å². The molecule has 38 heavy (non-hydrogen) atoms. The summed E-state index contributed by atoms with van der Waals surface area (Å²) in [4.78, 5) is 14.9. The van der Waals surface area contributed by atoms with Crippen LogP contribution in [0.5, 0.6) is 0 Å². The van der Waals surface area contributed by atoms with Crippen LogP contribution in [0.2, 0.25) is 0 Å². The number of benzene rings is 2. The monoisotopic (exact) mass is 526 g/mol. The van der Waals surface area contributed by atoms with Crippen molar-refractivity contribution in [3.8, 4) is 16.9 Å². The van der Waals surface area contributed by atoms with Crippen LogP contribution < -0.4 is 10.2 Å². The zero-order chi connectivity index (χ0) is 27.4. The third-order valence-corrected chi connectivity index (χ3v) is 7.18. The Balaban J connectivity index is 1.43. The molecule has 1 amide bonds. The smallest absolute Gasteiger partial charge is 0.391 e. The summed E-state index contributed by atoms with van der Waals surface area (Å²) < 4.78 is 46.5. The fourth-order valence-electron chi connectivity index (χ4n) is 4.78. The van der Waals surface area contributed by atoms with Gasteiger partial charge >= 0.3 is 6.18 Å². The minimum Gasteiger partial charge on any atom is -0.391 e. The third-order valence-electron chi connectivity index (χ3n) is 7.18. The minimum absolute atomic E-state index is 0.0404. The third kappa shape index (κ3) is 4.69. The number of aryl methyl sites for hydroxylation is 2. The van der Waals surface area contributed by atoms with Crippen LogP contribution in [0, 0.1) is 13.8 Å². The molecule has 11 heteroatoms. The first-order valence-electron chi connectivity index (χ1n) is 12.2. The number of hydrogen-bond donors (Lipinski definition) is 2. The van der Waals surface area contributed by atoms with E-state index in [0.717, 1.165) is 40.3 Å². The van der Waals surface area contributed by atoms with E-state index in [2.05, 4.69) is 10.4 Å². The molecule has 0 bridgehead atoms. The number of aromatic nitrogens is 4. The molecule has 200 valence electrons. The number of rotatable bonds is 5. The number of halogens is 3. The zero-order valence-corrected chi connectivity index (χ0v) is 21.5. The number of nitrogens with zero attached hydrogens (tertiary/aromatic N) is 5. The van der Waals surface area contributed by atoms with Crippen molar-refractivity contribution in [1.82, 2.24) is 19.1 Å². The number of β-amino-alcohol motifs (C(OH)–C–C–N with tert-alkyl or cyclic N) is 1. The molecule has 2 aromatic carbocycles. The minimum atomic E-state index is -4.58. The van der Waals surface area contributed by atoms with Crippen LogP contribution in [0.4, 0.5) is 24.5 Å². The molecule has 0 aliphatic carbocycles. The summed E-state index contributed by atoms with van der Waals surface area (Å²) in [5, 5.41) is 16.8. The van der Waals surface area contributed by atoms with Crippen molar-refractivity contribution in [2.24, 2.45) is 14.1 Å². The molecule has 2 N–H and O–H groups in total. The normalized spacial score (nSPS) is 15.9. The average molecular weight is 527 g/mol. The van der Waals surface area contributed by atoms with Gasteiger partial charge in [-0.3, -0.25) is 18.8 Å². The van der Waals surface area contributed by atoms with Crippen molar-refractivity contribution in [2.75, 3.05) is 23.3 Å². The summed E-state index contributed by atoms with van der Waals surface area (Å²) in [6.07, 6.45) is -0.935. The maximum absolute atomic E-state index is 13.6. The number of aliphatic hydroxyl groups is 1. The van der Waals surface area contributed by atoms with E-state index < -0.39 is 23.8 Å². The number of nitrogens with one attached hydrogen (secondary N) is 1. The van der Waals surface area contributed by atoms with Gasteiger partial charge in [-0.2, -0.15) is 18.3 Å². The quantitative estimate of drug-likeness (QED) is 0.396. The van der Waals surface area contributed by atoms with Gasteiger partial charge in [-0.15, -0.1) is 0 Å². The summed E-state index contributed by atoms with van der Waals surface area (Å²) in [7, 11) is 3.79. The van der Waals surface area contributed by atoms with Crippen LogP contribution in [0.1, 0.15) is 33.6 Å². The Kier molecular flexibility index (Phi) is 6.34. The molecule has 1 fully saturated rings. The van der Waals surface area contributed by atoms with E-state index in [1.165, 1.54) is 6.07 Å². The number of carbonyl (C=O) groups excluding carboxylic acids is 1. The van der Waals surface area contributed by atoms with E-state index >= 15 is 0 Å². The SMILES string of the molecule is Cc1ccc(C(=O)Nc2cc(N3CCC(O)C3)cc(C(F)(F)F)c2)cc1-n1cc(-c2cnn(C)c2C)n1C. The Morgan fingerprint density at radius 2 is 1.89 bits per heavy atom. The van der Waals surface area contributed by atoms with Crippen molar-refractivity contribution >= 4 is 17.3 Å². The standard InChI is InChI=1S/C27H29F3N6O2/c1-16-5-6-18(9-24(16)36-15-25(34(36)4)23-13-31-33(3)17(23)2)26(38)32-20-10-19(27(28,29)30)11-21(12-20)35-8-7-22(37)14-35/h5-6,9-13,15,22,37H,7-8,14H2,1-4H3,(H,32,38). The topological polar surface area (TPSA) is 80.3 Å². The highest BCUT2D eigenvalue weighted by Gasteiger charge is 2.33. The summed E-state index contributed by atoms with van der Waals surface area (Å²) in [5.74, 6) is -0.520. The van der Waals surface area contributed by atoms with E-state index in [1.54, 1.807) is 27.9 Å². The Bertz CT molecular complexity index is 1510. The average Bonchev–Trinajstić information content (AvgIpc) is 3.44. The predicted octanol–water partition coefficient (Wildman–Crippen LogP) is 4.68. The first-order valence-corrected chi connectivity index (χ1v) is 12.2. The van der Waals surface area contributed by atoms with Crippen molar-refractivity contribution < 1.29 is 23.1 Å². The van der Waals surface area contributed by atoms with Gasteiger partial charge in [-0.25, -0.2) is 0 Å². The van der Waals surface area contributed by atoms with E-state index in [9.17, 15) is 23.1 Å². The van der Waals surface area contributed by atoms with Gasteiger partial charge in [0.05, 0.1) is 35.4 Å². The summed E-state index contributed by atoms with van der Waals surface area (Å²) in [5.41, 5.74) is 4.52. The van der Waals surface area contributed by atoms with Gasteiger partial charge in [0.2, 0.25) is 0 Å². The molecule has 1 aliphatic rings. The Hall–Kier alpha value is -3.99. The van der Waals surface area contributed by atoms with E-state index in [-0.39, 0.29) is 12.2 Å². The largest absolute Gasteiger partial charge is 0.416 e. The summed E-state index contributed by atoms with van der Waals surface area (Å²) in [6, 6.07) is 8.66. The molecule has 1 unspecified atom stereocenters. The zero-order valence-electron chi connectivity index (χ0n) is 21.5. The number of hydrogen-bond acceptors (Lipinski definition) is 4.